The molecule has 4 nitrogen and oxygen atoms in total. The van der Waals surface area contributed by atoms with Crippen molar-refractivity contribution in [3.05, 3.63) is 0 Å². The smallest absolute Gasteiger partial charge is 0.438 e. The van der Waals surface area contributed by atoms with E-state index in [9.17, 15) is 4.79 Å². The van der Waals surface area contributed by atoms with Crippen molar-refractivity contribution in [1.82, 2.24) is 5.73 Å². The molecule has 0 rings (SSSR count). The van der Waals surface area contributed by atoms with Crippen molar-refractivity contribution >= 4 is 6.16 Å². The number of carbonyl (C=O) groups is 1. The maximum absolute atomic E-state index is 10.0. The minimum absolute atomic E-state index is 0.0785. The Morgan fingerprint density at radius 2 is 2.38 bits per heavy atom. The van der Waals surface area contributed by atoms with E-state index in [4.69, 9.17) is 5.73 Å². The van der Waals surface area contributed by atoms with Gasteiger partial charge < -0.3 is 9.47 Å². The highest BCUT2D eigenvalue weighted by molar-refractivity contribution is 5.59. The minimum atomic E-state index is -0.725. The maximum atomic E-state index is 10.0. The van der Waals surface area contributed by atoms with Gasteiger partial charge in [-0.05, 0) is 0 Å². The molecule has 0 atom stereocenters. The fraction of sp³-hybridized carbons (Fsp3) is 0.750. The second kappa shape index (κ2) is 4.39. The summed E-state index contributed by atoms with van der Waals surface area (Å²) in [5.41, 5.74) is 6.54. The first kappa shape index (κ1) is 7.23. The summed E-state index contributed by atoms with van der Waals surface area (Å²) < 4.78 is 8.40. The number of rotatable bonds is 2. The van der Waals surface area contributed by atoms with Gasteiger partial charge >= 0.3 is 6.16 Å². The summed E-state index contributed by atoms with van der Waals surface area (Å²) in [4.78, 5) is 10.0. The third-order valence-electron chi connectivity index (χ3n) is 0.489. The maximum Gasteiger partial charge on any atom is 0.508 e. The van der Waals surface area contributed by atoms with E-state index in [1.807, 2.05) is 0 Å². The third kappa shape index (κ3) is 3.42. The molecule has 0 amide bonds. The van der Waals surface area contributed by atoms with E-state index in [0.717, 1.165) is 0 Å². The lowest BCUT2D eigenvalue weighted by molar-refractivity contribution is 0.0749. The fourth-order valence-corrected chi connectivity index (χ4v) is 0.193. The highest BCUT2D eigenvalue weighted by Crippen LogP contribution is 1.78. The van der Waals surface area contributed by atoms with E-state index in [-0.39, 0.29) is 13.2 Å². The van der Waals surface area contributed by atoms with Gasteiger partial charge in [-0.25, -0.2) is 4.79 Å². The summed E-state index contributed by atoms with van der Waals surface area (Å²) in [6.45, 7) is 0.182. The van der Waals surface area contributed by atoms with Gasteiger partial charge in [0.15, 0.2) is 0 Å². The molecule has 8 heavy (non-hydrogen) atoms. The van der Waals surface area contributed by atoms with E-state index in [1.54, 1.807) is 0 Å². The van der Waals surface area contributed by atoms with Crippen molar-refractivity contribution < 1.29 is 14.3 Å². The average Bonchev–Trinajstić information content (AvgIpc) is 1.83. The average molecular weight is 118 g/mol. The molecule has 0 aromatic heterocycles. The second-order valence-corrected chi connectivity index (χ2v) is 1.05. The molecule has 0 spiro atoms. The van der Waals surface area contributed by atoms with Crippen molar-refractivity contribution in [2.75, 3.05) is 20.3 Å². The normalized spacial score (nSPS) is 8.25. The largest absolute Gasteiger partial charge is 0.508 e. The lowest BCUT2D eigenvalue weighted by Gasteiger charge is -1.97. The topological polar surface area (TPSA) is 59.3 Å². The Balaban J connectivity index is 2.99. The molecular weight excluding hydrogens is 110 g/mol. The van der Waals surface area contributed by atoms with Crippen LogP contribution in [0.3, 0.4) is 0 Å². The van der Waals surface area contributed by atoms with Gasteiger partial charge in [0.1, 0.15) is 6.61 Å². The van der Waals surface area contributed by atoms with Crippen LogP contribution in [-0.4, -0.2) is 26.4 Å². The highest BCUT2D eigenvalue weighted by Gasteiger charge is 1.95. The molecule has 1 N–H and O–H groups in total. The monoisotopic (exact) mass is 118 g/mol. The highest BCUT2D eigenvalue weighted by atomic mass is 16.7. The van der Waals surface area contributed by atoms with Crippen LogP contribution in [0.4, 0.5) is 4.79 Å². The molecule has 0 aromatic carbocycles. The minimum Gasteiger partial charge on any atom is -0.438 e. The van der Waals surface area contributed by atoms with Gasteiger partial charge in [-0.3, -0.25) is 5.73 Å². The van der Waals surface area contributed by atoms with Gasteiger partial charge in [0.2, 0.25) is 0 Å². The molecule has 0 aliphatic heterocycles. The zero-order valence-electron chi connectivity index (χ0n) is 4.64. The molecular formula is C4H8NO3. The van der Waals surface area contributed by atoms with Crippen molar-refractivity contribution in [2.24, 2.45) is 0 Å². The molecule has 0 unspecified atom stereocenters. The number of hydrogen-bond donors (Lipinski definition) is 0. The first-order valence-electron chi connectivity index (χ1n) is 2.16. The fourth-order valence-electron chi connectivity index (χ4n) is 0.193. The molecule has 47 valence electrons. The Labute approximate surface area is 47.6 Å². The van der Waals surface area contributed by atoms with E-state index in [1.165, 1.54) is 7.11 Å². The lowest BCUT2D eigenvalue weighted by atomic mass is 10.7. The molecule has 0 aliphatic carbocycles. The SMILES string of the molecule is COC(=O)OCC[NH]. The summed E-state index contributed by atoms with van der Waals surface area (Å²) in [6.07, 6.45) is -0.725. The van der Waals surface area contributed by atoms with Gasteiger partial charge in [0, 0.05) is 6.54 Å². The standard InChI is InChI=1S/C4H8NO3/c1-7-4(6)8-3-2-5/h5H,2-3H2,1H3. The molecule has 1 radical (unpaired) electrons. The van der Waals surface area contributed by atoms with Crippen molar-refractivity contribution in [1.29, 1.82) is 0 Å². The quantitative estimate of drug-likeness (QED) is 0.481. The van der Waals surface area contributed by atoms with Crippen LogP contribution in [0.2, 0.25) is 0 Å². The van der Waals surface area contributed by atoms with E-state index >= 15 is 0 Å². The Morgan fingerprint density at radius 3 is 2.75 bits per heavy atom. The molecule has 0 aliphatic rings. The van der Waals surface area contributed by atoms with Crippen LogP contribution in [0.15, 0.2) is 0 Å². The van der Waals surface area contributed by atoms with Crippen LogP contribution in [0, 0.1) is 0 Å². The molecule has 0 saturated heterocycles. The predicted octanol–water partition coefficient (Wildman–Crippen LogP) is 0.0523. The van der Waals surface area contributed by atoms with Crippen LogP contribution in [0.1, 0.15) is 0 Å². The van der Waals surface area contributed by atoms with E-state index < -0.39 is 6.16 Å². The second-order valence-electron chi connectivity index (χ2n) is 1.05. The molecule has 0 fully saturated rings. The Kier molecular flexibility index (Phi) is 3.97. The number of ether oxygens (including phenoxy) is 2. The first-order valence-corrected chi connectivity index (χ1v) is 2.16. The van der Waals surface area contributed by atoms with E-state index in [2.05, 4.69) is 9.47 Å². The Bertz CT molecular complexity index is 73.7. The lowest BCUT2D eigenvalue weighted by Crippen LogP contribution is -2.08. The summed E-state index contributed by atoms with van der Waals surface area (Å²) in [6, 6.07) is 0. The van der Waals surface area contributed by atoms with Crippen molar-refractivity contribution in [2.45, 2.75) is 0 Å². The number of carbonyl (C=O) groups excluding carboxylic acids is 1. The third-order valence-corrected chi connectivity index (χ3v) is 0.489. The van der Waals surface area contributed by atoms with Gasteiger partial charge in [0.25, 0.3) is 0 Å². The first-order chi connectivity index (χ1) is 3.81. The zero-order chi connectivity index (χ0) is 6.41. The zero-order valence-corrected chi connectivity index (χ0v) is 4.64. The Morgan fingerprint density at radius 1 is 1.75 bits per heavy atom. The molecule has 0 heterocycles. The van der Waals surface area contributed by atoms with Crippen LogP contribution in [0.5, 0.6) is 0 Å². The summed E-state index contributed by atoms with van der Waals surface area (Å²) in [5.74, 6) is 0. The number of hydrogen-bond acceptors (Lipinski definition) is 3. The summed E-state index contributed by atoms with van der Waals surface area (Å²) in [5, 5.41) is 0. The van der Waals surface area contributed by atoms with Gasteiger partial charge in [-0.15, -0.1) is 0 Å². The van der Waals surface area contributed by atoms with Crippen molar-refractivity contribution in [3.63, 3.8) is 0 Å². The van der Waals surface area contributed by atoms with Crippen LogP contribution < -0.4 is 5.73 Å². The van der Waals surface area contributed by atoms with Crippen LogP contribution >= 0.6 is 0 Å². The van der Waals surface area contributed by atoms with Crippen LogP contribution in [-0.2, 0) is 9.47 Å². The predicted molar refractivity (Wildman–Crippen MR) is 26.3 cm³/mol. The number of nitrogens with one attached hydrogen (secondary N) is 1. The summed E-state index contributed by atoms with van der Waals surface area (Å²) >= 11 is 0. The molecule has 0 bridgehead atoms. The van der Waals surface area contributed by atoms with Gasteiger partial charge in [0.05, 0.1) is 7.11 Å². The van der Waals surface area contributed by atoms with Crippen molar-refractivity contribution in [3.8, 4) is 0 Å². The molecule has 0 aromatic rings. The Hall–Kier alpha value is -0.770. The summed E-state index contributed by atoms with van der Waals surface area (Å²) in [7, 11) is 1.23. The molecule has 0 saturated carbocycles. The molecule has 4 heteroatoms. The van der Waals surface area contributed by atoms with E-state index in [0.29, 0.717) is 0 Å². The van der Waals surface area contributed by atoms with Gasteiger partial charge in [-0.1, -0.05) is 0 Å². The number of methoxy groups -OCH3 is 1. The van der Waals surface area contributed by atoms with Gasteiger partial charge in [-0.2, -0.15) is 0 Å². The van der Waals surface area contributed by atoms with Crippen LogP contribution in [0.25, 0.3) is 0 Å².